The molecule has 104 valence electrons. The molecule has 0 aliphatic carbocycles. The number of aromatic carboxylic acids is 1. The summed E-state index contributed by atoms with van der Waals surface area (Å²) in [6.07, 6.45) is 0. The van der Waals surface area contributed by atoms with Gasteiger partial charge in [-0.25, -0.2) is 13.2 Å². The zero-order valence-electron chi connectivity index (χ0n) is 10.1. The molecule has 3 N–H and O–H groups in total. The van der Waals surface area contributed by atoms with E-state index in [0.29, 0.717) is 13.1 Å². The normalized spacial score (nSPS) is 17.3. The molecular formula is C11H14N2O4S2. The molecule has 19 heavy (non-hydrogen) atoms. The number of carboxylic acids is 1. The fraction of sp³-hybridized carbons (Fsp3) is 0.364. The number of anilines is 1. The highest BCUT2D eigenvalue weighted by molar-refractivity contribution is 7.99. The molecule has 1 aromatic rings. The average Bonchev–Trinajstić information content (AvgIpc) is 2.39. The first-order valence-corrected chi connectivity index (χ1v) is 8.23. The van der Waals surface area contributed by atoms with E-state index in [0.717, 1.165) is 11.5 Å². The van der Waals surface area contributed by atoms with Crippen molar-refractivity contribution in [3.8, 4) is 0 Å². The van der Waals surface area contributed by atoms with Crippen LogP contribution in [0.25, 0.3) is 0 Å². The van der Waals surface area contributed by atoms with Gasteiger partial charge in [0.15, 0.2) is 0 Å². The number of hydrogen-bond donors (Lipinski definition) is 2. The quantitative estimate of drug-likeness (QED) is 0.797. The molecule has 1 aromatic carbocycles. The van der Waals surface area contributed by atoms with Crippen molar-refractivity contribution < 1.29 is 18.3 Å². The molecule has 2 rings (SSSR count). The van der Waals surface area contributed by atoms with Gasteiger partial charge in [0.1, 0.15) is 4.90 Å². The van der Waals surface area contributed by atoms with Gasteiger partial charge in [0.2, 0.25) is 10.0 Å². The summed E-state index contributed by atoms with van der Waals surface area (Å²) in [5, 5.41) is 8.83. The van der Waals surface area contributed by atoms with Gasteiger partial charge in [-0.3, -0.25) is 0 Å². The Morgan fingerprint density at radius 1 is 1.32 bits per heavy atom. The lowest BCUT2D eigenvalue weighted by Crippen LogP contribution is -2.38. The van der Waals surface area contributed by atoms with Crippen LogP contribution in [0.5, 0.6) is 0 Å². The molecular weight excluding hydrogens is 288 g/mol. The molecule has 8 heteroatoms. The molecule has 0 aromatic heterocycles. The smallest absolute Gasteiger partial charge is 0.335 e. The van der Waals surface area contributed by atoms with Crippen LogP contribution in [-0.2, 0) is 10.0 Å². The van der Waals surface area contributed by atoms with E-state index in [1.807, 2.05) is 0 Å². The van der Waals surface area contributed by atoms with Gasteiger partial charge in [0.25, 0.3) is 0 Å². The standard InChI is InChI=1S/C11H14N2O4S2/c12-9-7-8(11(14)15)1-2-10(9)19(16,17)13-3-5-18-6-4-13/h1-2,7H,3-6,12H2,(H,14,15). The predicted octanol–water partition coefficient (Wildman–Crippen LogP) is 0.705. The van der Waals surface area contributed by atoms with Gasteiger partial charge in [-0.15, -0.1) is 0 Å². The second kappa shape index (κ2) is 5.40. The first kappa shape index (κ1) is 14.2. The number of nitrogen functional groups attached to an aromatic ring is 1. The van der Waals surface area contributed by atoms with Crippen molar-refractivity contribution in [2.45, 2.75) is 4.90 Å². The van der Waals surface area contributed by atoms with Gasteiger partial charge >= 0.3 is 5.97 Å². The maximum atomic E-state index is 12.4. The summed E-state index contributed by atoms with van der Waals surface area (Å²) < 4.78 is 26.1. The molecule has 0 atom stereocenters. The molecule has 0 spiro atoms. The number of carbonyl (C=O) groups is 1. The van der Waals surface area contributed by atoms with Crippen LogP contribution in [0.2, 0.25) is 0 Å². The van der Waals surface area contributed by atoms with Crippen LogP contribution in [0.15, 0.2) is 23.1 Å². The third-order valence-corrected chi connectivity index (χ3v) is 5.76. The second-order valence-electron chi connectivity index (χ2n) is 4.07. The molecule has 0 amide bonds. The van der Waals surface area contributed by atoms with Gasteiger partial charge in [-0.2, -0.15) is 16.1 Å². The van der Waals surface area contributed by atoms with Gasteiger partial charge in [-0.05, 0) is 18.2 Å². The number of rotatable bonds is 3. The van der Waals surface area contributed by atoms with Crippen molar-refractivity contribution in [2.75, 3.05) is 30.3 Å². The lowest BCUT2D eigenvalue weighted by Gasteiger charge is -2.26. The van der Waals surface area contributed by atoms with Crippen LogP contribution >= 0.6 is 11.8 Å². The SMILES string of the molecule is Nc1cc(C(=O)O)ccc1S(=O)(=O)N1CCSCC1. The predicted molar refractivity (Wildman–Crippen MR) is 73.9 cm³/mol. The Hall–Kier alpha value is -1.25. The van der Waals surface area contributed by atoms with Crippen molar-refractivity contribution in [1.82, 2.24) is 4.31 Å². The summed E-state index contributed by atoms with van der Waals surface area (Å²) in [6, 6.07) is 3.69. The topological polar surface area (TPSA) is 101 Å². The number of benzene rings is 1. The zero-order valence-corrected chi connectivity index (χ0v) is 11.7. The lowest BCUT2D eigenvalue weighted by atomic mass is 10.2. The molecule has 0 bridgehead atoms. The van der Waals surface area contributed by atoms with Crippen LogP contribution < -0.4 is 5.73 Å². The number of nitrogens with two attached hydrogens (primary N) is 1. The Labute approximate surface area is 115 Å². The third-order valence-electron chi connectivity index (χ3n) is 2.84. The Morgan fingerprint density at radius 3 is 2.47 bits per heavy atom. The Kier molecular flexibility index (Phi) is 4.02. The molecule has 1 heterocycles. The van der Waals surface area contributed by atoms with Crippen molar-refractivity contribution >= 4 is 33.4 Å². The van der Waals surface area contributed by atoms with E-state index in [2.05, 4.69) is 0 Å². The molecule has 1 fully saturated rings. The summed E-state index contributed by atoms with van der Waals surface area (Å²) in [7, 11) is -3.63. The highest BCUT2D eigenvalue weighted by atomic mass is 32.2. The molecule has 1 aliphatic rings. The van der Waals surface area contributed by atoms with E-state index in [-0.39, 0.29) is 16.1 Å². The Morgan fingerprint density at radius 2 is 1.95 bits per heavy atom. The summed E-state index contributed by atoms with van der Waals surface area (Å²) in [4.78, 5) is 10.8. The van der Waals surface area contributed by atoms with E-state index in [1.165, 1.54) is 22.5 Å². The highest BCUT2D eigenvalue weighted by Gasteiger charge is 2.28. The van der Waals surface area contributed by atoms with Crippen molar-refractivity contribution in [2.24, 2.45) is 0 Å². The minimum absolute atomic E-state index is 0.0225. The van der Waals surface area contributed by atoms with E-state index in [4.69, 9.17) is 10.8 Å². The molecule has 0 saturated carbocycles. The molecule has 1 saturated heterocycles. The number of hydrogen-bond acceptors (Lipinski definition) is 5. The van der Waals surface area contributed by atoms with E-state index in [1.54, 1.807) is 11.8 Å². The van der Waals surface area contributed by atoms with Crippen molar-refractivity contribution in [3.05, 3.63) is 23.8 Å². The first-order valence-electron chi connectivity index (χ1n) is 5.63. The molecule has 1 aliphatic heterocycles. The van der Waals surface area contributed by atoms with Crippen molar-refractivity contribution in [1.29, 1.82) is 0 Å². The summed E-state index contributed by atoms with van der Waals surface area (Å²) in [5.74, 6) is 0.378. The van der Waals surface area contributed by atoms with E-state index < -0.39 is 16.0 Å². The molecule has 0 radical (unpaired) electrons. The van der Waals surface area contributed by atoms with Crippen molar-refractivity contribution in [3.63, 3.8) is 0 Å². The largest absolute Gasteiger partial charge is 0.478 e. The van der Waals surface area contributed by atoms with Gasteiger partial charge in [0.05, 0.1) is 11.3 Å². The maximum Gasteiger partial charge on any atom is 0.335 e. The average molecular weight is 302 g/mol. The Bertz CT molecular complexity index is 595. The zero-order chi connectivity index (χ0) is 14.0. The minimum Gasteiger partial charge on any atom is -0.478 e. The first-order chi connectivity index (χ1) is 8.93. The number of thioether (sulfide) groups is 1. The van der Waals surface area contributed by atoms with Crippen LogP contribution in [-0.4, -0.2) is 48.4 Å². The van der Waals surface area contributed by atoms with E-state index in [9.17, 15) is 13.2 Å². The second-order valence-corrected chi connectivity index (χ2v) is 7.21. The van der Waals surface area contributed by atoms with Gasteiger partial charge in [-0.1, -0.05) is 0 Å². The van der Waals surface area contributed by atoms with Crippen LogP contribution in [0, 0.1) is 0 Å². The summed E-state index contributed by atoms with van der Waals surface area (Å²) in [6.45, 7) is 0.903. The fourth-order valence-corrected chi connectivity index (χ4v) is 4.51. The number of carboxylic acid groups (broad SMARTS) is 1. The maximum absolute atomic E-state index is 12.4. The lowest BCUT2D eigenvalue weighted by molar-refractivity contribution is 0.0697. The number of sulfonamides is 1. The van der Waals surface area contributed by atoms with Gasteiger partial charge in [0, 0.05) is 24.6 Å². The third kappa shape index (κ3) is 2.85. The van der Waals surface area contributed by atoms with E-state index >= 15 is 0 Å². The highest BCUT2D eigenvalue weighted by Crippen LogP contribution is 2.25. The summed E-state index contributed by atoms with van der Waals surface area (Å²) >= 11 is 1.71. The fourth-order valence-electron chi connectivity index (χ4n) is 1.84. The Balaban J connectivity index is 2.37. The molecule has 6 nitrogen and oxygen atoms in total. The minimum atomic E-state index is -3.63. The number of nitrogens with zero attached hydrogens (tertiary/aromatic N) is 1. The van der Waals surface area contributed by atoms with Crippen LogP contribution in [0.3, 0.4) is 0 Å². The monoisotopic (exact) mass is 302 g/mol. The van der Waals surface area contributed by atoms with Crippen LogP contribution in [0.4, 0.5) is 5.69 Å². The summed E-state index contributed by atoms with van der Waals surface area (Å²) in [5.41, 5.74) is 5.63. The van der Waals surface area contributed by atoms with Crippen LogP contribution in [0.1, 0.15) is 10.4 Å². The van der Waals surface area contributed by atoms with Gasteiger partial charge < -0.3 is 10.8 Å². The molecule has 0 unspecified atom stereocenters.